The zero-order chi connectivity index (χ0) is 21.7. The van der Waals surface area contributed by atoms with E-state index >= 15 is 0 Å². The van der Waals surface area contributed by atoms with Gasteiger partial charge in [0.25, 0.3) is 5.56 Å². The van der Waals surface area contributed by atoms with Crippen LogP contribution in [-0.4, -0.2) is 57.2 Å². The van der Waals surface area contributed by atoms with E-state index in [2.05, 4.69) is 20.2 Å². The number of hydrogen-bond donors (Lipinski definition) is 1. The van der Waals surface area contributed by atoms with Gasteiger partial charge in [-0.25, -0.2) is 15.1 Å². The van der Waals surface area contributed by atoms with Crippen molar-refractivity contribution in [2.24, 2.45) is 0 Å². The molecule has 2 aromatic heterocycles. The molecule has 3 rings (SSSR count). The molecule has 8 nitrogen and oxygen atoms in total. The van der Waals surface area contributed by atoms with Gasteiger partial charge in [-0.2, -0.15) is 18.3 Å². The highest BCUT2D eigenvalue weighted by Crippen LogP contribution is 2.28. The van der Waals surface area contributed by atoms with E-state index in [-0.39, 0.29) is 17.4 Å². The average Bonchev–Trinajstić information content (AvgIpc) is 2.73. The number of H-pyrrole nitrogens is 1. The van der Waals surface area contributed by atoms with Crippen molar-refractivity contribution in [2.45, 2.75) is 38.8 Å². The summed E-state index contributed by atoms with van der Waals surface area (Å²) < 4.78 is 37.8. The zero-order valence-electron chi connectivity index (χ0n) is 16.6. The number of aromatic nitrogens is 4. The van der Waals surface area contributed by atoms with E-state index in [0.717, 1.165) is 24.5 Å². The lowest BCUT2D eigenvalue weighted by Crippen LogP contribution is -2.49. The summed E-state index contributed by atoms with van der Waals surface area (Å²) in [6.45, 7) is 3.62. The lowest BCUT2D eigenvalue weighted by Gasteiger charge is -2.34. The van der Waals surface area contributed by atoms with E-state index in [1.807, 2.05) is 0 Å². The van der Waals surface area contributed by atoms with Crippen LogP contribution in [0.2, 0.25) is 0 Å². The lowest BCUT2D eigenvalue weighted by molar-refractivity contribution is -0.138. The second-order valence-corrected chi connectivity index (χ2v) is 7.22. The second-order valence-electron chi connectivity index (χ2n) is 7.22. The Morgan fingerprint density at radius 3 is 2.40 bits per heavy atom. The molecule has 1 amide bonds. The number of nitrogens with one attached hydrogen (secondary N) is 1. The number of amides is 1. The van der Waals surface area contributed by atoms with Gasteiger partial charge >= 0.3 is 6.18 Å². The Hall–Kier alpha value is -2.98. The molecule has 0 bridgehead atoms. The number of unbranched alkanes of at least 4 members (excludes halogenated alkanes) is 1. The molecule has 0 saturated carbocycles. The van der Waals surface area contributed by atoms with Crippen LogP contribution < -0.4 is 10.5 Å². The molecule has 0 spiro atoms. The van der Waals surface area contributed by atoms with Gasteiger partial charge in [-0.3, -0.25) is 9.59 Å². The van der Waals surface area contributed by atoms with Crippen molar-refractivity contribution in [2.75, 3.05) is 31.1 Å². The van der Waals surface area contributed by atoms with Crippen molar-refractivity contribution in [3.63, 3.8) is 0 Å². The Bertz CT molecular complexity index is 921. The van der Waals surface area contributed by atoms with Crippen LogP contribution in [-0.2, 0) is 17.4 Å². The first kappa shape index (κ1) is 21.7. The predicted molar refractivity (Wildman–Crippen MR) is 103 cm³/mol. The molecule has 30 heavy (non-hydrogen) atoms. The predicted octanol–water partition coefficient (Wildman–Crippen LogP) is 1.95. The van der Waals surface area contributed by atoms with Gasteiger partial charge < -0.3 is 9.80 Å². The van der Waals surface area contributed by atoms with Gasteiger partial charge in [0.1, 0.15) is 0 Å². The quantitative estimate of drug-likeness (QED) is 0.713. The number of carbonyl (C=O) groups is 1. The van der Waals surface area contributed by atoms with Gasteiger partial charge in [0.2, 0.25) is 11.9 Å². The summed E-state index contributed by atoms with van der Waals surface area (Å²) in [6.07, 6.45) is -0.318. The van der Waals surface area contributed by atoms with Gasteiger partial charge in [0, 0.05) is 50.6 Å². The number of anilines is 1. The smallest absolute Gasteiger partial charge is 0.339 e. The van der Waals surface area contributed by atoms with Crippen LogP contribution in [0.3, 0.4) is 0 Å². The molecule has 1 fully saturated rings. The van der Waals surface area contributed by atoms with Crippen LogP contribution in [0, 0.1) is 6.92 Å². The van der Waals surface area contributed by atoms with E-state index in [1.54, 1.807) is 22.8 Å². The largest absolute Gasteiger partial charge is 0.419 e. The number of hydrogen-bond acceptors (Lipinski definition) is 6. The van der Waals surface area contributed by atoms with Crippen LogP contribution in [0.4, 0.5) is 19.1 Å². The minimum Gasteiger partial charge on any atom is -0.339 e. The highest BCUT2D eigenvalue weighted by molar-refractivity contribution is 5.76. The molecule has 0 aliphatic carbocycles. The van der Waals surface area contributed by atoms with Gasteiger partial charge in [-0.05, 0) is 32.3 Å². The van der Waals surface area contributed by atoms with E-state index in [4.69, 9.17) is 0 Å². The number of nitrogens with zero attached hydrogens (tertiary/aromatic N) is 5. The maximum absolute atomic E-state index is 12.6. The number of halogens is 3. The molecular weight excluding hydrogens is 401 g/mol. The van der Waals surface area contributed by atoms with E-state index in [9.17, 15) is 22.8 Å². The third kappa shape index (κ3) is 5.55. The molecule has 0 radical (unpaired) electrons. The Labute approximate surface area is 171 Å². The first-order valence-corrected chi connectivity index (χ1v) is 9.71. The molecule has 1 aliphatic rings. The van der Waals surface area contributed by atoms with E-state index < -0.39 is 11.7 Å². The molecule has 2 aromatic rings. The molecular formula is C19H23F3N6O2. The number of aryl methyl sites for hydroxylation is 2. The molecule has 162 valence electrons. The monoisotopic (exact) mass is 424 g/mol. The van der Waals surface area contributed by atoms with Crippen molar-refractivity contribution >= 4 is 11.9 Å². The maximum Gasteiger partial charge on any atom is 0.419 e. The summed E-state index contributed by atoms with van der Waals surface area (Å²) in [7, 11) is 0. The summed E-state index contributed by atoms with van der Waals surface area (Å²) in [5, 5.41) is 6.44. The topological polar surface area (TPSA) is 95.1 Å². The average molecular weight is 424 g/mol. The summed E-state index contributed by atoms with van der Waals surface area (Å²) in [5.41, 5.74) is 0.331. The Kier molecular flexibility index (Phi) is 6.68. The Morgan fingerprint density at radius 1 is 1.13 bits per heavy atom. The van der Waals surface area contributed by atoms with Crippen LogP contribution in [0.5, 0.6) is 0 Å². The first-order valence-electron chi connectivity index (χ1n) is 9.71. The summed E-state index contributed by atoms with van der Waals surface area (Å²) >= 11 is 0. The molecule has 11 heteroatoms. The number of piperazine rings is 1. The molecule has 1 aliphatic heterocycles. The fourth-order valence-corrected chi connectivity index (χ4v) is 3.21. The number of carbonyl (C=O) groups excluding carboxylic acids is 1. The number of rotatable bonds is 6. The molecule has 0 atom stereocenters. The fourth-order valence-electron chi connectivity index (χ4n) is 3.21. The van der Waals surface area contributed by atoms with Gasteiger partial charge in [0.15, 0.2) is 0 Å². The van der Waals surface area contributed by atoms with Crippen LogP contribution in [0.1, 0.15) is 36.1 Å². The molecule has 3 heterocycles. The van der Waals surface area contributed by atoms with Crippen LogP contribution >= 0.6 is 0 Å². The van der Waals surface area contributed by atoms with Crippen molar-refractivity contribution < 1.29 is 18.0 Å². The second kappa shape index (κ2) is 9.23. The number of alkyl halides is 3. The first-order chi connectivity index (χ1) is 14.2. The minimum absolute atomic E-state index is 0.0496. The SMILES string of the molecule is Cc1cc(CCCCC(=O)N2CCN(c3ncc(C(F)(F)F)cn3)CC2)n[nH]c1=O. The highest BCUT2D eigenvalue weighted by Gasteiger charge is 2.32. The molecule has 0 aromatic carbocycles. The molecule has 0 unspecified atom stereocenters. The molecule has 1 N–H and O–H groups in total. The van der Waals surface area contributed by atoms with Crippen molar-refractivity contribution in [1.29, 1.82) is 0 Å². The Morgan fingerprint density at radius 2 is 1.80 bits per heavy atom. The molecule has 1 saturated heterocycles. The van der Waals surface area contributed by atoms with Crippen molar-refractivity contribution in [3.05, 3.63) is 45.6 Å². The van der Waals surface area contributed by atoms with Gasteiger partial charge in [-0.1, -0.05) is 0 Å². The summed E-state index contributed by atoms with van der Waals surface area (Å²) in [4.78, 5) is 34.8. The summed E-state index contributed by atoms with van der Waals surface area (Å²) in [5.74, 6) is 0.285. The standard InChI is InChI=1S/C19H23F3N6O2/c1-13-10-15(25-26-17(13)30)4-2-3-5-16(29)27-6-8-28(9-7-27)18-23-11-14(12-24-18)19(20,21)22/h10-12H,2-9H2,1H3,(H,26,30). The number of aromatic amines is 1. The third-order valence-electron chi connectivity index (χ3n) is 5.00. The zero-order valence-corrected chi connectivity index (χ0v) is 16.6. The van der Waals surface area contributed by atoms with Gasteiger partial charge in [0.05, 0.1) is 11.3 Å². The lowest BCUT2D eigenvalue weighted by atomic mass is 10.1. The van der Waals surface area contributed by atoms with E-state index in [1.165, 1.54) is 0 Å². The van der Waals surface area contributed by atoms with E-state index in [0.29, 0.717) is 51.0 Å². The normalized spacial score (nSPS) is 14.8. The maximum atomic E-state index is 12.6. The van der Waals surface area contributed by atoms with Crippen molar-refractivity contribution in [1.82, 2.24) is 25.1 Å². The minimum atomic E-state index is -4.46. The fraction of sp³-hybridized carbons (Fsp3) is 0.526. The Balaban J connectivity index is 1.40. The third-order valence-corrected chi connectivity index (χ3v) is 5.00. The van der Waals surface area contributed by atoms with Crippen LogP contribution in [0.25, 0.3) is 0 Å². The van der Waals surface area contributed by atoms with Crippen molar-refractivity contribution in [3.8, 4) is 0 Å². The summed E-state index contributed by atoms with van der Waals surface area (Å²) in [6, 6.07) is 1.75. The van der Waals surface area contributed by atoms with Crippen LogP contribution in [0.15, 0.2) is 23.3 Å². The highest BCUT2D eigenvalue weighted by atomic mass is 19.4. The van der Waals surface area contributed by atoms with Gasteiger partial charge in [-0.15, -0.1) is 0 Å².